The summed E-state index contributed by atoms with van der Waals surface area (Å²) in [7, 11) is 0. The highest BCUT2D eigenvalue weighted by atomic mass is 16.3. The lowest BCUT2D eigenvalue weighted by atomic mass is 10.00. The van der Waals surface area contributed by atoms with Gasteiger partial charge >= 0.3 is 0 Å². The maximum atomic E-state index is 12.6. The number of nitrogens with one attached hydrogen (secondary N) is 1. The van der Waals surface area contributed by atoms with Gasteiger partial charge in [0.05, 0.1) is 11.2 Å². The third kappa shape index (κ3) is 4.68. The van der Waals surface area contributed by atoms with Gasteiger partial charge in [-0.25, -0.2) is 0 Å². The number of amides is 1. The lowest BCUT2D eigenvalue weighted by molar-refractivity contribution is 0.0593. The van der Waals surface area contributed by atoms with Crippen molar-refractivity contribution >= 4 is 5.91 Å². The first-order chi connectivity index (χ1) is 11.2. The van der Waals surface area contributed by atoms with Crippen LogP contribution < -0.4 is 5.32 Å². The van der Waals surface area contributed by atoms with Crippen molar-refractivity contribution in [3.05, 3.63) is 53.1 Å². The van der Waals surface area contributed by atoms with Crippen LogP contribution in [0.2, 0.25) is 0 Å². The van der Waals surface area contributed by atoms with Crippen LogP contribution in [0.4, 0.5) is 0 Å². The zero-order valence-electron chi connectivity index (χ0n) is 15.1. The van der Waals surface area contributed by atoms with Crippen LogP contribution in [0.5, 0.6) is 0 Å². The Morgan fingerprint density at radius 1 is 1.33 bits per heavy atom. The van der Waals surface area contributed by atoms with Crippen molar-refractivity contribution < 1.29 is 9.90 Å². The maximum absolute atomic E-state index is 12.6. The molecule has 2 aromatic rings. The normalized spacial score (nSPS) is 12.9. The fraction of sp³-hybridized carbons (Fsp3) is 0.474. The topological polar surface area (TPSA) is 67.2 Å². The van der Waals surface area contributed by atoms with Crippen molar-refractivity contribution in [2.45, 2.75) is 59.2 Å². The Balaban J connectivity index is 2.14. The van der Waals surface area contributed by atoms with E-state index in [9.17, 15) is 9.90 Å². The molecular weight excluding hydrogens is 302 g/mol. The number of nitrogens with zero attached hydrogens (tertiary/aromatic N) is 2. The van der Waals surface area contributed by atoms with Gasteiger partial charge in [-0.1, -0.05) is 0 Å². The fourth-order valence-corrected chi connectivity index (χ4v) is 3.05. The Labute approximate surface area is 143 Å². The second kappa shape index (κ2) is 7.18. The third-order valence-electron chi connectivity index (χ3n) is 4.09. The molecule has 0 saturated carbocycles. The van der Waals surface area contributed by atoms with Crippen LogP contribution in [0.15, 0.2) is 30.6 Å². The monoisotopic (exact) mass is 329 g/mol. The quantitative estimate of drug-likeness (QED) is 0.856. The highest BCUT2D eigenvalue weighted by molar-refractivity contribution is 5.95. The molecule has 1 unspecified atom stereocenters. The molecule has 2 rings (SSSR count). The molecule has 0 aliphatic heterocycles. The highest BCUT2D eigenvalue weighted by Crippen LogP contribution is 2.18. The smallest absolute Gasteiger partial charge is 0.253 e. The van der Waals surface area contributed by atoms with Gasteiger partial charge in [-0.05, 0) is 64.8 Å². The Morgan fingerprint density at radius 3 is 2.54 bits per heavy atom. The summed E-state index contributed by atoms with van der Waals surface area (Å²) in [5.74, 6) is -0.0965. The second-order valence-corrected chi connectivity index (χ2v) is 7.12. The second-order valence-electron chi connectivity index (χ2n) is 7.12. The predicted octanol–water partition coefficient (Wildman–Crippen LogP) is 2.83. The SMILES string of the molecule is Cc1cc(C(=O)NC(C)CC(C)(C)O)c(C)n1Cc1ccncc1. The van der Waals surface area contributed by atoms with E-state index < -0.39 is 5.60 Å². The van der Waals surface area contributed by atoms with Crippen molar-refractivity contribution in [2.75, 3.05) is 0 Å². The van der Waals surface area contributed by atoms with Crippen molar-refractivity contribution in [3.8, 4) is 0 Å². The minimum absolute atomic E-state index is 0.0965. The van der Waals surface area contributed by atoms with E-state index in [0.29, 0.717) is 18.5 Å². The van der Waals surface area contributed by atoms with E-state index in [2.05, 4.69) is 14.9 Å². The molecular formula is C19H27N3O2. The molecule has 0 saturated heterocycles. The standard InChI is InChI=1S/C19H27N3O2/c1-13(11-19(4,5)24)21-18(23)17-10-14(2)22(15(17)3)12-16-6-8-20-9-7-16/h6-10,13,24H,11-12H2,1-5H3,(H,21,23). The van der Waals surface area contributed by atoms with Crippen LogP contribution in [0.1, 0.15) is 54.5 Å². The molecule has 5 heteroatoms. The molecule has 2 aromatic heterocycles. The van der Waals surface area contributed by atoms with Gasteiger partial charge in [0.25, 0.3) is 5.91 Å². The van der Waals surface area contributed by atoms with Crippen LogP contribution in [0.25, 0.3) is 0 Å². The number of rotatable bonds is 6. The summed E-state index contributed by atoms with van der Waals surface area (Å²) >= 11 is 0. The number of hydrogen-bond acceptors (Lipinski definition) is 3. The first kappa shape index (κ1) is 18.2. The molecule has 24 heavy (non-hydrogen) atoms. The molecule has 1 amide bonds. The van der Waals surface area contributed by atoms with Gasteiger partial charge in [-0.15, -0.1) is 0 Å². The maximum Gasteiger partial charge on any atom is 0.253 e. The summed E-state index contributed by atoms with van der Waals surface area (Å²) in [4.78, 5) is 16.6. The average Bonchev–Trinajstić information content (AvgIpc) is 2.74. The van der Waals surface area contributed by atoms with Crippen molar-refractivity contribution in [1.82, 2.24) is 14.9 Å². The van der Waals surface area contributed by atoms with Crippen LogP contribution in [-0.2, 0) is 6.54 Å². The van der Waals surface area contributed by atoms with E-state index >= 15 is 0 Å². The molecule has 2 N–H and O–H groups in total. The minimum Gasteiger partial charge on any atom is -0.390 e. The van der Waals surface area contributed by atoms with Crippen molar-refractivity contribution in [3.63, 3.8) is 0 Å². The first-order valence-corrected chi connectivity index (χ1v) is 8.26. The predicted molar refractivity (Wildman–Crippen MR) is 95.1 cm³/mol. The number of carbonyl (C=O) groups is 1. The van der Waals surface area contributed by atoms with E-state index in [1.807, 2.05) is 39.0 Å². The van der Waals surface area contributed by atoms with E-state index in [1.54, 1.807) is 26.2 Å². The molecule has 1 atom stereocenters. The van der Waals surface area contributed by atoms with E-state index in [1.165, 1.54) is 0 Å². The van der Waals surface area contributed by atoms with Gasteiger partial charge in [-0.3, -0.25) is 9.78 Å². The number of hydrogen-bond donors (Lipinski definition) is 2. The molecule has 0 aromatic carbocycles. The van der Waals surface area contributed by atoms with E-state index in [-0.39, 0.29) is 11.9 Å². The Bertz CT molecular complexity index is 699. The summed E-state index contributed by atoms with van der Waals surface area (Å²) in [6.07, 6.45) is 4.05. The third-order valence-corrected chi connectivity index (χ3v) is 4.09. The largest absolute Gasteiger partial charge is 0.390 e. The van der Waals surface area contributed by atoms with Gasteiger partial charge in [0, 0.05) is 36.4 Å². The summed E-state index contributed by atoms with van der Waals surface area (Å²) in [6, 6.07) is 5.78. The van der Waals surface area contributed by atoms with Crippen LogP contribution in [0, 0.1) is 13.8 Å². The van der Waals surface area contributed by atoms with Gasteiger partial charge < -0.3 is 15.0 Å². The van der Waals surface area contributed by atoms with Gasteiger partial charge in [0.2, 0.25) is 0 Å². The Morgan fingerprint density at radius 2 is 1.96 bits per heavy atom. The van der Waals surface area contributed by atoms with Crippen molar-refractivity contribution in [2.24, 2.45) is 0 Å². The van der Waals surface area contributed by atoms with Gasteiger partial charge in [0.15, 0.2) is 0 Å². The average molecular weight is 329 g/mol. The molecule has 0 fully saturated rings. The number of aliphatic hydroxyl groups is 1. The summed E-state index contributed by atoms with van der Waals surface area (Å²) < 4.78 is 2.13. The lowest BCUT2D eigenvalue weighted by Gasteiger charge is -2.23. The molecule has 0 bridgehead atoms. The molecule has 0 aliphatic carbocycles. The molecule has 130 valence electrons. The summed E-state index contributed by atoms with van der Waals surface area (Å²) in [5.41, 5.74) is 3.02. The molecule has 0 aliphatic rings. The number of carbonyl (C=O) groups excluding carboxylic acids is 1. The molecule has 0 radical (unpaired) electrons. The zero-order valence-corrected chi connectivity index (χ0v) is 15.1. The van der Waals surface area contributed by atoms with E-state index in [4.69, 9.17) is 0 Å². The molecule has 2 heterocycles. The number of aromatic nitrogens is 2. The molecule has 0 spiro atoms. The number of pyridine rings is 1. The summed E-state index contributed by atoms with van der Waals surface area (Å²) in [5, 5.41) is 12.9. The van der Waals surface area contributed by atoms with Crippen molar-refractivity contribution in [1.29, 1.82) is 0 Å². The number of aryl methyl sites for hydroxylation is 1. The lowest BCUT2D eigenvalue weighted by Crippen LogP contribution is -2.38. The summed E-state index contributed by atoms with van der Waals surface area (Å²) in [6.45, 7) is 10.1. The van der Waals surface area contributed by atoms with Crippen LogP contribution >= 0.6 is 0 Å². The van der Waals surface area contributed by atoms with Gasteiger partial charge in [-0.2, -0.15) is 0 Å². The molecule has 5 nitrogen and oxygen atoms in total. The Hall–Kier alpha value is -2.14. The van der Waals surface area contributed by atoms with Crippen LogP contribution in [0.3, 0.4) is 0 Å². The Kier molecular flexibility index (Phi) is 5.44. The zero-order chi connectivity index (χ0) is 17.9. The van der Waals surface area contributed by atoms with Crippen LogP contribution in [-0.4, -0.2) is 32.2 Å². The minimum atomic E-state index is -0.801. The first-order valence-electron chi connectivity index (χ1n) is 8.26. The van der Waals surface area contributed by atoms with Gasteiger partial charge in [0.1, 0.15) is 0 Å². The van der Waals surface area contributed by atoms with E-state index in [0.717, 1.165) is 17.0 Å². The highest BCUT2D eigenvalue weighted by Gasteiger charge is 2.21. The fourth-order valence-electron chi connectivity index (χ4n) is 3.05.